The highest BCUT2D eigenvalue weighted by atomic mass is 15.0. The van der Waals surface area contributed by atoms with Gasteiger partial charge in [-0.05, 0) is 118 Å². The van der Waals surface area contributed by atoms with E-state index in [2.05, 4.69) is 215 Å². The van der Waals surface area contributed by atoms with Crippen molar-refractivity contribution in [2.45, 2.75) is 12.8 Å². The van der Waals surface area contributed by atoms with Crippen LogP contribution in [0.4, 0.5) is 0 Å². The largest absolute Gasteiger partial charge is 0.309 e. The van der Waals surface area contributed by atoms with E-state index in [0.717, 1.165) is 18.5 Å². The normalized spacial score (nSPS) is 12.9. The van der Waals surface area contributed by atoms with Crippen molar-refractivity contribution in [1.29, 1.82) is 0 Å². The van der Waals surface area contributed by atoms with E-state index in [1.54, 1.807) is 0 Å². The van der Waals surface area contributed by atoms with E-state index in [4.69, 9.17) is 0 Å². The van der Waals surface area contributed by atoms with Crippen molar-refractivity contribution in [3.63, 3.8) is 0 Å². The third-order valence-electron chi connectivity index (χ3n) is 11.5. The molecule has 2 heterocycles. The molecule has 10 aromatic rings. The van der Waals surface area contributed by atoms with Crippen LogP contribution >= 0.6 is 0 Å². The number of allylic oxidation sites excluding steroid dienone is 4. The summed E-state index contributed by atoms with van der Waals surface area (Å²) in [5, 5.41) is 5.04. The number of benzene rings is 8. The quantitative estimate of drug-likeness (QED) is 0.162. The van der Waals surface area contributed by atoms with E-state index in [-0.39, 0.29) is 0 Å². The average Bonchev–Trinajstić information content (AvgIpc) is 3.79. The number of hydrogen-bond acceptors (Lipinski definition) is 0. The Bertz CT molecular complexity index is 3140. The minimum absolute atomic E-state index is 1.09. The Labute approximate surface area is 326 Å². The van der Waals surface area contributed by atoms with Crippen molar-refractivity contribution >= 4 is 49.2 Å². The first kappa shape index (κ1) is 32.3. The van der Waals surface area contributed by atoms with E-state index < -0.39 is 0 Å². The van der Waals surface area contributed by atoms with Gasteiger partial charge < -0.3 is 9.13 Å². The van der Waals surface area contributed by atoms with Crippen molar-refractivity contribution in [2.75, 3.05) is 0 Å². The van der Waals surface area contributed by atoms with Crippen LogP contribution < -0.4 is 0 Å². The van der Waals surface area contributed by atoms with E-state index in [1.165, 1.54) is 93.8 Å². The molecule has 2 heteroatoms. The fraction of sp³-hybridized carbons (Fsp3) is 0.0370. The molecule has 0 atom stereocenters. The fourth-order valence-electron chi connectivity index (χ4n) is 8.78. The van der Waals surface area contributed by atoms with Gasteiger partial charge in [-0.1, -0.05) is 146 Å². The highest BCUT2D eigenvalue weighted by molar-refractivity contribution is 6.12. The number of para-hydroxylation sites is 2. The summed E-state index contributed by atoms with van der Waals surface area (Å²) < 4.78 is 4.82. The van der Waals surface area contributed by atoms with Crippen LogP contribution in [0.25, 0.3) is 93.9 Å². The van der Waals surface area contributed by atoms with Crippen molar-refractivity contribution < 1.29 is 0 Å². The van der Waals surface area contributed by atoms with E-state index in [1.807, 2.05) is 0 Å². The van der Waals surface area contributed by atoms with Gasteiger partial charge in [0.05, 0.1) is 22.1 Å². The minimum atomic E-state index is 1.09. The molecule has 0 N–H and O–H groups in total. The molecule has 0 saturated carbocycles. The Morgan fingerprint density at radius 2 is 0.732 bits per heavy atom. The lowest BCUT2D eigenvalue weighted by Crippen LogP contribution is -1.94. The van der Waals surface area contributed by atoms with Crippen molar-refractivity contribution in [3.05, 3.63) is 212 Å². The second-order valence-electron chi connectivity index (χ2n) is 14.9. The molecule has 0 aliphatic heterocycles. The standard InChI is InChI=1S/C54H38N2/c1-5-13-37(14-6-1)43-25-29-47-49-33-41(27-31-51(49)55(53(47)35-43)45-17-9-3-10-18-45)39-21-23-40(24-22-39)42-28-32-52-50(34-42)48-30-26-44(38-15-7-2-8-16-38)36-54(48)56(52)46-19-11-4-12-20-46/h1,3-7,9-36H,2,8H2. The molecule has 0 fully saturated rings. The van der Waals surface area contributed by atoms with Crippen molar-refractivity contribution in [3.8, 4) is 44.8 Å². The Morgan fingerprint density at radius 1 is 0.304 bits per heavy atom. The summed E-state index contributed by atoms with van der Waals surface area (Å²) in [5.41, 5.74) is 17.1. The Hall–Kier alpha value is -7.16. The zero-order chi connectivity index (χ0) is 37.0. The molecule has 2 aromatic heterocycles. The SMILES string of the molecule is C1=CC(c2ccc3c4cc(-c5ccc(-c6ccc7c(c6)c6ccc(-c8ccccc8)cc6n7-c6ccccc6)cc5)ccc4n(-c4ccccc4)c3c2)=CCC1. The Kier molecular flexibility index (Phi) is 7.67. The first-order valence-corrected chi connectivity index (χ1v) is 19.6. The molecule has 0 amide bonds. The molecular weight excluding hydrogens is 677 g/mol. The smallest absolute Gasteiger partial charge is 0.0547 e. The third kappa shape index (κ3) is 5.41. The summed E-state index contributed by atoms with van der Waals surface area (Å²) in [6.45, 7) is 0. The van der Waals surface area contributed by atoms with Gasteiger partial charge >= 0.3 is 0 Å². The highest BCUT2D eigenvalue weighted by Crippen LogP contribution is 2.39. The molecular formula is C54H38N2. The molecule has 0 bridgehead atoms. The monoisotopic (exact) mass is 714 g/mol. The Balaban J connectivity index is 0.992. The summed E-state index contributed by atoms with van der Waals surface area (Å²) in [7, 11) is 0. The highest BCUT2D eigenvalue weighted by Gasteiger charge is 2.17. The van der Waals surface area contributed by atoms with Gasteiger partial charge in [0.2, 0.25) is 0 Å². The molecule has 0 radical (unpaired) electrons. The summed E-state index contributed by atoms with van der Waals surface area (Å²) in [6.07, 6.45) is 9.13. The molecule has 1 aliphatic rings. The second-order valence-corrected chi connectivity index (χ2v) is 14.9. The molecule has 56 heavy (non-hydrogen) atoms. The van der Waals surface area contributed by atoms with Gasteiger partial charge in [0.25, 0.3) is 0 Å². The van der Waals surface area contributed by atoms with Gasteiger partial charge in [0, 0.05) is 32.9 Å². The maximum Gasteiger partial charge on any atom is 0.0547 e. The van der Waals surface area contributed by atoms with Crippen LogP contribution in [0, 0.1) is 0 Å². The van der Waals surface area contributed by atoms with Crippen LogP contribution in [-0.2, 0) is 0 Å². The van der Waals surface area contributed by atoms with Gasteiger partial charge in [-0.3, -0.25) is 0 Å². The lowest BCUT2D eigenvalue weighted by atomic mass is 9.97. The molecule has 264 valence electrons. The number of fused-ring (bicyclic) bond motifs is 6. The van der Waals surface area contributed by atoms with Gasteiger partial charge in [0.1, 0.15) is 0 Å². The zero-order valence-electron chi connectivity index (χ0n) is 30.9. The van der Waals surface area contributed by atoms with Crippen LogP contribution in [-0.4, -0.2) is 9.13 Å². The summed E-state index contributed by atoms with van der Waals surface area (Å²) >= 11 is 0. The van der Waals surface area contributed by atoms with Gasteiger partial charge in [-0.25, -0.2) is 0 Å². The number of hydrogen-bond donors (Lipinski definition) is 0. The van der Waals surface area contributed by atoms with E-state index in [0.29, 0.717) is 0 Å². The maximum atomic E-state index is 2.42. The van der Waals surface area contributed by atoms with Gasteiger partial charge in [-0.2, -0.15) is 0 Å². The lowest BCUT2D eigenvalue weighted by molar-refractivity contribution is 1.04. The molecule has 8 aromatic carbocycles. The fourth-order valence-corrected chi connectivity index (χ4v) is 8.78. The number of aromatic nitrogens is 2. The van der Waals surface area contributed by atoms with Crippen LogP contribution in [0.2, 0.25) is 0 Å². The van der Waals surface area contributed by atoms with Crippen LogP contribution in [0.5, 0.6) is 0 Å². The van der Waals surface area contributed by atoms with Crippen molar-refractivity contribution in [2.24, 2.45) is 0 Å². The van der Waals surface area contributed by atoms with Crippen LogP contribution in [0.15, 0.2) is 206 Å². The average molecular weight is 715 g/mol. The number of rotatable bonds is 6. The first-order chi connectivity index (χ1) is 27.8. The number of nitrogens with zero attached hydrogens (tertiary/aromatic N) is 2. The summed E-state index contributed by atoms with van der Waals surface area (Å²) in [5.74, 6) is 0. The topological polar surface area (TPSA) is 9.86 Å². The summed E-state index contributed by atoms with van der Waals surface area (Å²) in [4.78, 5) is 0. The molecule has 11 rings (SSSR count). The van der Waals surface area contributed by atoms with Gasteiger partial charge in [-0.15, -0.1) is 0 Å². The minimum Gasteiger partial charge on any atom is -0.309 e. The lowest BCUT2D eigenvalue weighted by Gasteiger charge is -2.11. The molecule has 0 saturated heterocycles. The first-order valence-electron chi connectivity index (χ1n) is 19.6. The van der Waals surface area contributed by atoms with Crippen molar-refractivity contribution in [1.82, 2.24) is 9.13 Å². The van der Waals surface area contributed by atoms with Crippen LogP contribution in [0.3, 0.4) is 0 Å². The van der Waals surface area contributed by atoms with E-state index >= 15 is 0 Å². The van der Waals surface area contributed by atoms with Crippen LogP contribution in [0.1, 0.15) is 18.4 Å². The second kappa shape index (κ2) is 13.3. The molecule has 2 nitrogen and oxygen atoms in total. The summed E-state index contributed by atoms with van der Waals surface area (Å²) in [6, 6.07) is 68.9. The molecule has 0 unspecified atom stereocenters. The predicted molar refractivity (Wildman–Crippen MR) is 238 cm³/mol. The predicted octanol–water partition coefficient (Wildman–Crippen LogP) is 14.6. The van der Waals surface area contributed by atoms with Gasteiger partial charge in [0.15, 0.2) is 0 Å². The Morgan fingerprint density at radius 3 is 1.25 bits per heavy atom. The molecule has 1 aliphatic carbocycles. The third-order valence-corrected chi connectivity index (χ3v) is 11.5. The zero-order valence-corrected chi connectivity index (χ0v) is 30.9. The molecule has 0 spiro atoms. The maximum absolute atomic E-state index is 2.42. The van der Waals surface area contributed by atoms with E-state index in [9.17, 15) is 0 Å².